The molecule has 1 aromatic heterocycles. The van der Waals surface area contributed by atoms with E-state index in [-0.39, 0.29) is 17.8 Å². The Morgan fingerprint density at radius 1 is 1.21 bits per heavy atom. The normalized spacial score (nSPS) is 23.9. The van der Waals surface area contributed by atoms with E-state index in [0.29, 0.717) is 28.9 Å². The van der Waals surface area contributed by atoms with Gasteiger partial charge in [0.05, 0.1) is 7.11 Å². The number of hydrogen-bond acceptors (Lipinski definition) is 5. The topological polar surface area (TPSA) is 85.5 Å². The quantitative estimate of drug-likeness (QED) is 0.679. The summed E-state index contributed by atoms with van der Waals surface area (Å²) in [6.07, 6.45) is 4.44. The lowest BCUT2D eigenvalue weighted by atomic mass is 9.77. The third-order valence-electron chi connectivity index (χ3n) is 5.19. The highest BCUT2D eigenvalue weighted by molar-refractivity contribution is 6.12. The first-order valence-electron chi connectivity index (χ1n) is 8.48. The van der Waals surface area contributed by atoms with E-state index >= 15 is 0 Å². The highest BCUT2D eigenvalue weighted by Crippen LogP contribution is 2.34. The van der Waals surface area contributed by atoms with Gasteiger partial charge in [-0.1, -0.05) is 6.92 Å². The van der Waals surface area contributed by atoms with Crippen LogP contribution in [0.15, 0.2) is 0 Å². The van der Waals surface area contributed by atoms with Crippen molar-refractivity contribution in [1.29, 1.82) is 0 Å². The Labute approximate surface area is 140 Å². The Bertz CT molecular complexity index is 684. The molecule has 0 amide bonds. The largest absolute Gasteiger partial charge is 0.468 e. The third-order valence-corrected chi connectivity index (χ3v) is 5.19. The van der Waals surface area contributed by atoms with Crippen molar-refractivity contribution >= 4 is 17.7 Å². The number of H-pyrrole nitrogens is 1. The molecule has 1 fully saturated rings. The van der Waals surface area contributed by atoms with Gasteiger partial charge in [-0.15, -0.1) is 0 Å². The van der Waals surface area contributed by atoms with E-state index in [1.54, 1.807) is 6.92 Å². The molecule has 0 unspecified atom stereocenters. The summed E-state index contributed by atoms with van der Waals surface area (Å²) < 4.78 is 10.3. The van der Waals surface area contributed by atoms with Crippen LogP contribution in [0.5, 0.6) is 0 Å². The van der Waals surface area contributed by atoms with E-state index in [1.165, 1.54) is 7.11 Å². The van der Waals surface area contributed by atoms with Crippen molar-refractivity contribution in [2.24, 2.45) is 11.8 Å². The van der Waals surface area contributed by atoms with Crippen molar-refractivity contribution in [3.63, 3.8) is 0 Å². The summed E-state index contributed by atoms with van der Waals surface area (Å²) in [7, 11) is 1.28. The monoisotopic (exact) mass is 333 g/mol. The molecule has 2 aliphatic rings. The van der Waals surface area contributed by atoms with Crippen LogP contribution in [0.1, 0.15) is 64.7 Å². The lowest BCUT2D eigenvalue weighted by molar-refractivity contribution is -0.145. The maximum Gasteiger partial charge on any atom is 0.355 e. The molecule has 0 spiro atoms. The van der Waals surface area contributed by atoms with Crippen molar-refractivity contribution in [2.45, 2.75) is 52.1 Å². The first-order chi connectivity index (χ1) is 11.4. The summed E-state index contributed by atoms with van der Waals surface area (Å²) in [6, 6.07) is 0. The van der Waals surface area contributed by atoms with Gasteiger partial charge < -0.3 is 14.5 Å². The van der Waals surface area contributed by atoms with Crippen LogP contribution in [0, 0.1) is 18.8 Å². The van der Waals surface area contributed by atoms with Gasteiger partial charge in [0, 0.05) is 11.3 Å². The van der Waals surface area contributed by atoms with Gasteiger partial charge in [0.2, 0.25) is 0 Å². The zero-order chi connectivity index (χ0) is 17.4. The molecule has 130 valence electrons. The molecule has 1 saturated carbocycles. The van der Waals surface area contributed by atoms with Gasteiger partial charge >= 0.3 is 11.9 Å². The molecule has 6 nitrogen and oxygen atoms in total. The van der Waals surface area contributed by atoms with E-state index in [2.05, 4.69) is 4.98 Å². The first kappa shape index (κ1) is 16.7. The second kappa shape index (κ2) is 6.42. The van der Waals surface area contributed by atoms with Crippen LogP contribution < -0.4 is 0 Å². The van der Waals surface area contributed by atoms with Gasteiger partial charge in [-0.3, -0.25) is 9.59 Å². The average molecular weight is 333 g/mol. The van der Waals surface area contributed by atoms with Crippen LogP contribution in [-0.2, 0) is 20.7 Å². The van der Waals surface area contributed by atoms with E-state index < -0.39 is 17.9 Å². The van der Waals surface area contributed by atoms with Gasteiger partial charge in [-0.2, -0.15) is 0 Å². The molecule has 6 heteroatoms. The highest BCUT2D eigenvalue weighted by Gasteiger charge is 2.42. The smallest absolute Gasteiger partial charge is 0.355 e. The summed E-state index contributed by atoms with van der Waals surface area (Å²) >= 11 is 0. The Morgan fingerprint density at radius 3 is 2.50 bits per heavy atom. The number of rotatable bonds is 3. The first-order valence-corrected chi connectivity index (χ1v) is 8.48. The van der Waals surface area contributed by atoms with Crippen LogP contribution >= 0.6 is 0 Å². The molecule has 1 N–H and O–H groups in total. The van der Waals surface area contributed by atoms with Crippen molar-refractivity contribution in [2.75, 3.05) is 7.11 Å². The van der Waals surface area contributed by atoms with Gasteiger partial charge in [0.15, 0.2) is 5.78 Å². The summed E-state index contributed by atoms with van der Waals surface area (Å²) in [5.41, 5.74) is 2.06. The van der Waals surface area contributed by atoms with Gasteiger partial charge in [-0.25, -0.2) is 4.79 Å². The number of ether oxygens (including phenoxy) is 2. The summed E-state index contributed by atoms with van der Waals surface area (Å²) in [6.45, 7) is 3.57. The lowest BCUT2D eigenvalue weighted by Gasteiger charge is -2.25. The molecule has 1 heterocycles. The molecular weight excluding hydrogens is 310 g/mol. The van der Waals surface area contributed by atoms with E-state index in [9.17, 15) is 14.4 Å². The second-order valence-corrected chi connectivity index (χ2v) is 6.84. The molecule has 2 aliphatic carbocycles. The molecule has 2 atom stereocenters. The molecule has 0 aliphatic heterocycles. The number of aromatic nitrogens is 1. The fourth-order valence-electron chi connectivity index (χ4n) is 3.89. The molecule has 0 radical (unpaired) electrons. The number of nitrogens with one attached hydrogen (secondary N) is 1. The molecular formula is C18H23NO5. The van der Waals surface area contributed by atoms with E-state index in [0.717, 1.165) is 25.7 Å². The van der Waals surface area contributed by atoms with Crippen LogP contribution in [0.4, 0.5) is 0 Å². The number of ketones is 1. The number of hydrogen-bond donors (Lipinski definition) is 1. The van der Waals surface area contributed by atoms with Gasteiger partial charge in [0.25, 0.3) is 0 Å². The molecule has 3 rings (SSSR count). The summed E-state index contributed by atoms with van der Waals surface area (Å²) in [4.78, 5) is 40.2. The maximum absolute atomic E-state index is 12.8. The Balaban J connectivity index is 1.89. The molecule has 1 aromatic rings. The van der Waals surface area contributed by atoms with Crippen molar-refractivity contribution in [3.05, 3.63) is 22.5 Å². The zero-order valence-corrected chi connectivity index (χ0v) is 14.3. The lowest BCUT2D eigenvalue weighted by Crippen LogP contribution is -2.36. The predicted molar refractivity (Wildman–Crippen MR) is 85.9 cm³/mol. The Kier molecular flexibility index (Phi) is 4.47. The van der Waals surface area contributed by atoms with Crippen LogP contribution in [0.25, 0.3) is 0 Å². The Morgan fingerprint density at radius 2 is 1.88 bits per heavy atom. The van der Waals surface area contributed by atoms with Crippen LogP contribution in [-0.4, -0.2) is 35.9 Å². The van der Waals surface area contributed by atoms with Gasteiger partial charge in [0.1, 0.15) is 17.7 Å². The van der Waals surface area contributed by atoms with Gasteiger partial charge in [-0.05, 0) is 50.5 Å². The molecule has 24 heavy (non-hydrogen) atoms. The third kappa shape index (κ3) is 2.74. The molecule has 0 aromatic carbocycles. The SMILES string of the molecule is COC(=O)[C@@H]1C(=O)c2c([nH]c(C(=O)OC3CCCC3)c2C)C[C@@H]1C. The number of methoxy groups -OCH3 is 1. The average Bonchev–Trinajstić information content (AvgIpc) is 3.15. The van der Waals surface area contributed by atoms with Crippen LogP contribution in [0.2, 0.25) is 0 Å². The standard InChI is InChI=1S/C18H23NO5/c1-9-8-12-14(16(20)13(9)17(21)23-3)10(2)15(19-12)18(22)24-11-6-4-5-7-11/h9,11,13,19H,4-8H2,1-3H3/t9-,13-/m0/s1. The number of carbonyl (C=O) groups is 3. The van der Waals surface area contributed by atoms with E-state index in [1.807, 2.05) is 6.92 Å². The number of fused-ring (bicyclic) bond motifs is 1. The minimum Gasteiger partial charge on any atom is -0.468 e. The number of Topliss-reactive ketones (excluding diaryl/α,β-unsaturated/α-hetero) is 1. The summed E-state index contributed by atoms with van der Waals surface area (Å²) in [5, 5.41) is 0. The molecule has 0 saturated heterocycles. The molecule has 0 bridgehead atoms. The minimum absolute atomic E-state index is 0.0327. The fourth-order valence-corrected chi connectivity index (χ4v) is 3.89. The fraction of sp³-hybridized carbons (Fsp3) is 0.611. The number of esters is 2. The highest BCUT2D eigenvalue weighted by atomic mass is 16.5. The van der Waals surface area contributed by atoms with Crippen LogP contribution in [0.3, 0.4) is 0 Å². The van der Waals surface area contributed by atoms with Crippen molar-refractivity contribution < 1.29 is 23.9 Å². The van der Waals surface area contributed by atoms with Crippen molar-refractivity contribution in [1.82, 2.24) is 4.98 Å². The minimum atomic E-state index is -0.810. The predicted octanol–water partition coefficient (Wildman–Crippen LogP) is 2.59. The number of aromatic amines is 1. The zero-order valence-electron chi connectivity index (χ0n) is 14.3. The second-order valence-electron chi connectivity index (χ2n) is 6.84. The summed E-state index contributed by atoms with van der Waals surface area (Å²) in [5.74, 6) is -2.19. The maximum atomic E-state index is 12.8. The number of carbonyl (C=O) groups excluding carboxylic acids is 3. The Hall–Kier alpha value is -2.11. The van der Waals surface area contributed by atoms with E-state index in [4.69, 9.17) is 9.47 Å². The van der Waals surface area contributed by atoms with Crippen molar-refractivity contribution in [3.8, 4) is 0 Å².